The van der Waals surface area contributed by atoms with Crippen LogP contribution in [-0.2, 0) is 19.0 Å². The van der Waals surface area contributed by atoms with Crippen LogP contribution in [0, 0.1) is 6.92 Å². The standard InChI is InChI=1S/C16H13F3N4O2/c1-9-3-2-4-10(21-9)5-6-12-11(7-8-20-14(12)24)13-22-15(25-23-13)16(17,18)19/h2-4,7-8H,5-6H2,1H3,(H,20,24). The molecule has 3 heterocycles. The molecule has 0 aliphatic carbocycles. The molecule has 6 nitrogen and oxygen atoms in total. The van der Waals surface area contributed by atoms with Crippen molar-refractivity contribution in [3.8, 4) is 11.4 Å². The highest BCUT2D eigenvalue weighted by Gasteiger charge is 2.38. The van der Waals surface area contributed by atoms with Gasteiger partial charge in [0.2, 0.25) is 5.82 Å². The molecule has 3 aromatic rings. The summed E-state index contributed by atoms with van der Waals surface area (Å²) < 4.78 is 42.1. The van der Waals surface area contributed by atoms with Crippen molar-refractivity contribution in [1.82, 2.24) is 20.1 Å². The highest BCUT2D eigenvalue weighted by molar-refractivity contribution is 5.58. The Hall–Kier alpha value is -2.97. The number of hydrogen-bond donors (Lipinski definition) is 1. The number of aromatic nitrogens is 4. The van der Waals surface area contributed by atoms with E-state index in [-0.39, 0.29) is 23.4 Å². The maximum atomic E-state index is 12.6. The highest BCUT2D eigenvalue weighted by atomic mass is 19.4. The van der Waals surface area contributed by atoms with Crippen LogP contribution >= 0.6 is 0 Å². The molecule has 0 saturated carbocycles. The maximum Gasteiger partial charge on any atom is 0.471 e. The zero-order chi connectivity index (χ0) is 18.0. The molecule has 9 heteroatoms. The van der Waals surface area contributed by atoms with Gasteiger partial charge in [-0.05, 0) is 38.0 Å². The van der Waals surface area contributed by atoms with Crippen molar-refractivity contribution >= 4 is 0 Å². The largest absolute Gasteiger partial charge is 0.471 e. The predicted octanol–water partition coefficient (Wildman–Crippen LogP) is 2.93. The van der Waals surface area contributed by atoms with E-state index in [1.807, 2.05) is 25.1 Å². The number of hydrogen-bond acceptors (Lipinski definition) is 5. The third kappa shape index (κ3) is 3.76. The van der Waals surface area contributed by atoms with Crippen molar-refractivity contribution < 1.29 is 17.7 Å². The topological polar surface area (TPSA) is 84.7 Å². The van der Waals surface area contributed by atoms with Crippen LogP contribution in [0.25, 0.3) is 11.4 Å². The number of halogens is 3. The number of nitrogens with zero attached hydrogens (tertiary/aromatic N) is 3. The monoisotopic (exact) mass is 350 g/mol. The van der Waals surface area contributed by atoms with Crippen molar-refractivity contribution in [1.29, 1.82) is 0 Å². The fraction of sp³-hybridized carbons (Fsp3) is 0.250. The minimum absolute atomic E-state index is 0.204. The van der Waals surface area contributed by atoms with Gasteiger partial charge >= 0.3 is 12.1 Å². The second kappa shape index (κ2) is 6.50. The smallest absolute Gasteiger partial charge is 0.329 e. The van der Waals surface area contributed by atoms with Gasteiger partial charge in [-0.1, -0.05) is 11.2 Å². The van der Waals surface area contributed by atoms with Gasteiger partial charge in [-0.3, -0.25) is 9.78 Å². The molecule has 0 aliphatic rings. The summed E-state index contributed by atoms with van der Waals surface area (Å²) >= 11 is 0. The van der Waals surface area contributed by atoms with Gasteiger partial charge in [-0.2, -0.15) is 18.2 Å². The van der Waals surface area contributed by atoms with Gasteiger partial charge in [0.15, 0.2) is 0 Å². The Morgan fingerprint density at radius 1 is 1.16 bits per heavy atom. The van der Waals surface area contributed by atoms with E-state index in [0.29, 0.717) is 6.42 Å². The molecule has 1 N–H and O–H groups in total. The van der Waals surface area contributed by atoms with Crippen LogP contribution in [0.2, 0.25) is 0 Å². The molecule has 0 amide bonds. The minimum atomic E-state index is -4.74. The molecular weight excluding hydrogens is 337 g/mol. The number of aromatic amines is 1. The summed E-state index contributed by atoms with van der Waals surface area (Å²) in [5.41, 5.74) is 1.69. The number of aryl methyl sites for hydroxylation is 2. The van der Waals surface area contributed by atoms with E-state index in [0.717, 1.165) is 11.4 Å². The summed E-state index contributed by atoms with van der Waals surface area (Å²) in [4.78, 5) is 22.3. The quantitative estimate of drug-likeness (QED) is 0.782. The van der Waals surface area contributed by atoms with E-state index in [1.165, 1.54) is 12.3 Å². The Kier molecular flexibility index (Phi) is 4.39. The van der Waals surface area contributed by atoms with Crippen LogP contribution in [0.3, 0.4) is 0 Å². The van der Waals surface area contributed by atoms with Crippen LogP contribution in [0.15, 0.2) is 39.8 Å². The Balaban J connectivity index is 1.92. The summed E-state index contributed by atoms with van der Waals surface area (Å²) in [7, 11) is 0. The van der Waals surface area contributed by atoms with E-state index in [9.17, 15) is 18.0 Å². The Morgan fingerprint density at radius 3 is 2.64 bits per heavy atom. The molecule has 25 heavy (non-hydrogen) atoms. The summed E-state index contributed by atoms with van der Waals surface area (Å²) in [6, 6.07) is 6.97. The van der Waals surface area contributed by atoms with E-state index in [4.69, 9.17) is 0 Å². The molecule has 3 aromatic heterocycles. The van der Waals surface area contributed by atoms with Crippen LogP contribution in [-0.4, -0.2) is 20.1 Å². The molecule has 0 aliphatic heterocycles. The zero-order valence-corrected chi connectivity index (χ0v) is 13.1. The second-order valence-electron chi connectivity index (χ2n) is 5.39. The Bertz CT molecular complexity index is 947. The molecule has 0 atom stereocenters. The van der Waals surface area contributed by atoms with Gasteiger partial charge in [-0.15, -0.1) is 0 Å². The molecule has 0 spiro atoms. The van der Waals surface area contributed by atoms with Crippen molar-refractivity contribution in [2.24, 2.45) is 0 Å². The first-order chi connectivity index (χ1) is 11.8. The van der Waals surface area contributed by atoms with Gasteiger partial charge < -0.3 is 9.51 Å². The Morgan fingerprint density at radius 2 is 1.96 bits per heavy atom. The Labute approximate surface area is 139 Å². The lowest BCUT2D eigenvalue weighted by Crippen LogP contribution is -2.15. The van der Waals surface area contributed by atoms with Gasteiger partial charge in [0.25, 0.3) is 5.56 Å². The predicted molar refractivity (Wildman–Crippen MR) is 81.7 cm³/mol. The van der Waals surface area contributed by atoms with E-state index in [1.54, 1.807) is 0 Å². The maximum absolute atomic E-state index is 12.6. The summed E-state index contributed by atoms with van der Waals surface area (Å²) in [5.74, 6) is -1.72. The van der Waals surface area contributed by atoms with Crippen LogP contribution in [0.1, 0.15) is 22.8 Å². The van der Waals surface area contributed by atoms with E-state index >= 15 is 0 Å². The lowest BCUT2D eigenvalue weighted by atomic mass is 10.0. The highest BCUT2D eigenvalue weighted by Crippen LogP contribution is 2.29. The average Bonchev–Trinajstić information content (AvgIpc) is 3.03. The van der Waals surface area contributed by atoms with Crippen molar-refractivity contribution in [3.05, 3.63) is 63.7 Å². The first kappa shape index (κ1) is 16.9. The minimum Gasteiger partial charge on any atom is -0.329 e. The second-order valence-corrected chi connectivity index (χ2v) is 5.39. The zero-order valence-electron chi connectivity index (χ0n) is 13.1. The molecule has 130 valence electrons. The molecule has 0 bridgehead atoms. The van der Waals surface area contributed by atoms with Crippen LogP contribution in [0.5, 0.6) is 0 Å². The number of nitrogens with one attached hydrogen (secondary N) is 1. The first-order valence-corrected chi connectivity index (χ1v) is 7.39. The fourth-order valence-electron chi connectivity index (χ4n) is 2.41. The normalized spacial score (nSPS) is 11.7. The number of rotatable bonds is 4. The SMILES string of the molecule is Cc1cccc(CCc2c(-c3noc(C(F)(F)F)n3)cc[nH]c2=O)n1. The van der Waals surface area contributed by atoms with Gasteiger partial charge in [0, 0.05) is 28.7 Å². The third-order valence-electron chi connectivity index (χ3n) is 3.55. The summed E-state index contributed by atoms with van der Waals surface area (Å²) in [6.45, 7) is 1.85. The van der Waals surface area contributed by atoms with Gasteiger partial charge in [0.1, 0.15) is 0 Å². The lowest BCUT2D eigenvalue weighted by Gasteiger charge is -2.05. The molecule has 0 fully saturated rings. The molecule has 0 unspecified atom stereocenters. The van der Waals surface area contributed by atoms with Crippen molar-refractivity contribution in [3.63, 3.8) is 0 Å². The van der Waals surface area contributed by atoms with Crippen molar-refractivity contribution in [2.45, 2.75) is 25.9 Å². The van der Waals surface area contributed by atoms with Crippen LogP contribution < -0.4 is 5.56 Å². The van der Waals surface area contributed by atoms with E-state index < -0.39 is 17.6 Å². The number of pyridine rings is 2. The number of H-pyrrole nitrogens is 1. The molecule has 0 aromatic carbocycles. The van der Waals surface area contributed by atoms with Crippen LogP contribution in [0.4, 0.5) is 13.2 Å². The first-order valence-electron chi connectivity index (χ1n) is 7.39. The average molecular weight is 350 g/mol. The van der Waals surface area contributed by atoms with E-state index in [2.05, 4.69) is 24.6 Å². The van der Waals surface area contributed by atoms with Gasteiger partial charge in [-0.25, -0.2) is 0 Å². The summed E-state index contributed by atoms with van der Waals surface area (Å²) in [6.07, 6.45) is -2.68. The van der Waals surface area contributed by atoms with Gasteiger partial charge in [0.05, 0.1) is 0 Å². The van der Waals surface area contributed by atoms with Crippen molar-refractivity contribution in [2.75, 3.05) is 0 Å². The lowest BCUT2D eigenvalue weighted by molar-refractivity contribution is -0.159. The molecule has 3 rings (SSSR count). The molecule has 0 saturated heterocycles. The summed E-state index contributed by atoms with van der Waals surface area (Å²) in [5, 5.41) is 3.35. The molecular formula is C16H13F3N4O2. The fourth-order valence-corrected chi connectivity index (χ4v) is 2.41. The third-order valence-corrected chi connectivity index (χ3v) is 3.55. The number of alkyl halides is 3. The molecule has 0 radical (unpaired) electrons.